The number of imidazole rings is 2. The van der Waals surface area contributed by atoms with Crippen LogP contribution in [0.2, 0.25) is 0 Å². The Balaban J connectivity index is 1.93. The summed E-state index contributed by atoms with van der Waals surface area (Å²) in [6.45, 7) is 4.40. The average molecular weight is 343 g/mol. The van der Waals surface area contributed by atoms with E-state index in [1.54, 1.807) is 6.20 Å². The molecule has 1 atom stereocenters. The zero-order valence-electron chi connectivity index (χ0n) is 14.9. The fourth-order valence-corrected chi connectivity index (χ4v) is 3.36. The van der Waals surface area contributed by atoms with Gasteiger partial charge in [0, 0.05) is 24.2 Å². The van der Waals surface area contributed by atoms with E-state index in [-0.39, 0.29) is 6.04 Å². The zero-order valence-corrected chi connectivity index (χ0v) is 14.9. The fraction of sp³-hybridized carbons (Fsp3) is 0.190. The second-order valence-corrected chi connectivity index (χ2v) is 6.60. The van der Waals surface area contributed by atoms with Gasteiger partial charge in [0.1, 0.15) is 5.69 Å². The highest BCUT2D eigenvalue weighted by molar-refractivity contribution is 5.75. The molecule has 3 aromatic heterocycles. The van der Waals surface area contributed by atoms with Crippen molar-refractivity contribution in [1.29, 1.82) is 0 Å². The molecule has 5 nitrogen and oxygen atoms in total. The molecule has 26 heavy (non-hydrogen) atoms. The number of aromatic nitrogens is 5. The third kappa shape index (κ3) is 2.92. The summed E-state index contributed by atoms with van der Waals surface area (Å²) in [6, 6.07) is 16.3. The predicted molar refractivity (Wildman–Crippen MR) is 102 cm³/mol. The summed E-state index contributed by atoms with van der Waals surface area (Å²) in [6.07, 6.45) is 7.35. The van der Waals surface area contributed by atoms with E-state index in [1.165, 1.54) is 0 Å². The highest BCUT2D eigenvalue weighted by Gasteiger charge is 2.26. The minimum atomic E-state index is 0.0706. The van der Waals surface area contributed by atoms with Crippen molar-refractivity contribution in [2.45, 2.75) is 19.9 Å². The van der Waals surface area contributed by atoms with Crippen molar-refractivity contribution in [2.75, 3.05) is 0 Å². The molecule has 130 valence electrons. The number of hydrogen-bond donors (Lipinski definition) is 1. The van der Waals surface area contributed by atoms with Crippen LogP contribution in [0.3, 0.4) is 0 Å². The summed E-state index contributed by atoms with van der Waals surface area (Å²) in [4.78, 5) is 17.1. The van der Waals surface area contributed by atoms with Crippen molar-refractivity contribution in [3.05, 3.63) is 79.1 Å². The molecule has 1 aromatic carbocycles. The molecular formula is C21H21N5. The second-order valence-electron chi connectivity index (χ2n) is 6.60. The average Bonchev–Trinajstić information content (AvgIpc) is 3.33. The van der Waals surface area contributed by atoms with E-state index in [9.17, 15) is 0 Å². The maximum absolute atomic E-state index is 4.75. The van der Waals surface area contributed by atoms with Gasteiger partial charge in [-0.25, -0.2) is 9.97 Å². The first-order chi connectivity index (χ1) is 12.8. The van der Waals surface area contributed by atoms with Gasteiger partial charge in [-0.1, -0.05) is 50.2 Å². The summed E-state index contributed by atoms with van der Waals surface area (Å²) < 4.78 is 2.19. The molecule has 0 radical (unpaired) electrons. The van der Waals surface area contributed by atoms with Crippen LogP contribution in [0, 0.1) is 5.92 Å². The van der Waals surface area contributed by atoms with Crippen molar-refractivity contribution in [3.63, 3.8) is 0 Å². The van der Waals surface area contributed by atoms with Crippen LogP contribution in [0.4, 0.5) is 0 Å². The molecule has 5 heteroatoms. The summed E-state index contributed by atoms with van der Waals surface area (Å²) in [5.41, 5.74) is 3.99. The molecule has 0 bridgehead atoms. The second kappa shape index (κ2) is 6.96. The third-order valence-electron chi connectivity index (χ3n) is 4.49. The van der Waals surface area contributed by atoms with Crippen LogP contribution in [0.25, 0.3) is 22.8 Å². The van der Waals surface area contributed by atoms with E-state index >= 15 is 0 Å². The Bertz CT molecular complexity index is 956. The number of nitrogens with zero attached hydrogens (tertiary/aromatic N) is 4. The number of nitrogens with one attached hydrogen (secondary N) is 1. The normalized spacial score (nSPS) is 12.4. The molecule has 0 aliphatic heterocycles. The molecule has 0 aliphatic rings. The van der Waals surface area contributed by atoms with Crippen LogP contribution in [0.15, 0.2) is 73.4 Å². The summed E-state index contributed by atoms with van der Waals surface area (Å²) in [5.74, 6) is 1.15. The molecule has 4 aromatic rings. The van der Waals surface area contributed by atoms with Gasteiger partial charge >= 0.3 is 0 Å². The Morgan fingerprint density at radius 2 is 1.69 bits per heavy atom. The van der Waals surface area contributed by atoms with Crippen molar-refractivity contribution in [2.24, 2.45) is 5.92 Å². The van der Waals surface area contributed by atoms with Crippen molar-refractivity contribution < 1.29 is 0 Å². The largest absolute Gasteiger partial charge is 0.343 e. The SMILES string of the molecule is CC(C)C(c1ccccn1)n1cnc(-c2ccccc2)c1-c1ncc[nH]1. The van der Waals surface area contributed by atoms with E-state index in [1.807, 2.05) is 49.1 Å². The van der Waals surface area contributed by atoms with Crippen LogP contribution >= 0.6 is 0 Å². The van der Waals surface area contributed by atoms with E-state index in [0.717, 1.165) is 28.5 Å². The van der Waals surface area contributed by atoms with Gasteiger partial charge in [0.2, 0.25) is 0 Å². The fourth-order valence-electron chi connectivity index (χ4n) is 3.36. The zero-order chi connectivity index (χ0) is 17.9. The van der Waals surface area contributed by atoms with Crippen LogP contribution in [-0.4, -0.2) is 24.5 Å². The molecule has 0 saturated carbocycles. The predicted octanol–water partition coefficient (Wildman–Crippen LogP) is 4.58. The van der Waals surface area contributed by atoms with Gasteiger partial charge in [-0.2, -0.15) is 0 Å². The van der Waals surface area contributed by atoms with Crippen molar-refractivity contribution in [1.82, 2.24) is 24.5 Å². The van der Waals surface area contributed by atoms with Gasteiger partial charge in [0.25, 0.3) is 0 Å². The monoisotopic (exact) mass is 343 g/mol. The van der Waals surface area contributed by atoms with Gasteiger partial charge in [-0.3, -0.25) is 4.98 Å². The lowest BCUT2D eigenvalue weighted by molar-refractivity contribution is 0.430. The number of H-pyrrole nitrogens is 1. The molecule has 0 spiro atoms. The van der Waals surface area contributed by atoms with Gasteiger partial charge < -0.3 is 9.55 Å². The molecular weight excluding hydrogens is 322 g/mol. The smallest absolute Gasteiger partial charge is 0.156 e. The minimum Gasteiger partial charge on any atom is -0.343 e. The molecule has 1 unspecified atom stereocenters. The number of aromatic amines is 1. The third-order valence-corrected chi connectivity index (χ3v) is 4.49. The van der Waals surface area contributed by atoms with E-state index < -0.39 is 0 Å². The van der Waals surface area contributed by atoms with E-state index in [2.05, 4.69) is 51.6 Å². The number of rotatable bonds is 5. The number of pyridine rings is 1. The summed E-state index contributed by atoms with van der Waals surface area (Å²) >= 11 is 0. The maximum Gasteiger partial charge on any atom is 0.156 e. The number of hydrogen-bond acceptors (Lipinski definition) is 3. The first-order valence-corrected chi connectivity index (χ1v) is 8.78. The first kappa shape index (κ1) is 16.3. The lowest BCUT2D eigenvalue weighted by atomic mass is 9.99. The lowest BCUT2D eigenvalue weighted by Crippen LogP contribution is -2.18. The Labute approximate surface area is 152 Å². The lowest BCUT2D eigenvalue weighted by Gasteiger charge is -2.24. The molecule has 0 fully saturated rings. The summed E-state index contributed by atoms with van der Waals surface area (Å²) in [5, 5.41) is 0. The standard InChI is InChI=1S/C21H21N5/c1-15(2)19(17-10-6-7-11-22-17)26-14-25-18(16-8-4-3-5-9-16)20(26)21-23-12-13-24-21/h3-15,19H,1-2H3,(H,23,24). The Hall–Kier alpha value is -3.21. The first-order valence-electron chi connectivity index (χ1n) is 8.78. The Kier molecular flexibility index (Phi) is 4.35. The molecule has 3 heterocycles. The Morgan fingerprint density at radius 3 is 2.35 bits per heavy atom. The molecule has 4 rings (SSSR count). The van der Waals surface area contributed by atoms with Gasteiger partial charge in [0.05, 0.1) is 23.8 Å². The van der Waals surface area contributed by atoms with E-state index in [4.69, 9.17) is 4.98 Å². The van der Waals surface area contributed by atoms with Crippen LogP contribution in [0.5, 0.6) is 0 Å². The topological polar surface area (TPSA) is 59.4 Å². The minimum absolute atomic E-state index is 0.0706. The molecule has 0 saturated heterocycles. The summed E-state index contributed by atoms with van der Waals surface area (Å²) in [7, 11) is 0. The molecule has 0 amide bonds. The van der Waals surface area contributed by atoms with Gasteiger partial charge in [-0.15, -0.1) is 0 Å². The van der Waals surface area contributed by atoms with Crippen LogP contribution in [0.1, 0.15) is 25.6 Å². The maximum atomic E-state index is 4.75. The molecule has 0 aliphatic carbocycles. The molecule has 1 N–H and O–H groups in total. The quantitative estimate of drug-likeness (QED) is 0.577. The van der Waals surface area contributed by atoms with Crippen LogP contribution in [-0.2, 0) is 0 Å². The highest BCUT2D eigenvalue weighted by Crippen LogP contribution is 2.35. The van der Waals surface area contributed by atoms with Gasteiger partial charge in [-0.05, 0) is 18.1 Å². The highest BCUT2D eigenvalue weighted by atomic mass is 15.1. The van der Waals surface area contributed by atoms with E-state index in [0.29, 0.717) is 5.92 Å². The number of benzene rings is 1. The van der Waals surface area contributed by atoms with Crippen LogP contribution < -0.4 is 0 Å². The Morgan fingerprint density at radius 1 is 0.885 bits per heavy atom. The van der Waals surface area contributed by atoms with Crippen molar-refractivity contribution >= 4 is 0 Å². The van der Waals surface area contributed by atoms with Gasteiger partial charge in [0.15, 0.2) is 5.82 Å². The van der Waals surface area contributed by atoms with Crippen molar-refractivity contribution in [3.8, 4) is 22.8 Å².